The van der Waals surface area contributed by atoms with Gasteiger partial charge in [0.05, 0.1) is 5.69 Å². The van der Waals surface area contributed by atoms with Crippen molar-refractivity contribution < 1.29 is 0 Å². The summed E-state index contributed by atoms with van der Waals surface area (Å²) >= 11 is 0. The van der Waals surface area contributed by atoms with Gasteiger partial charge >= 0.3 is 0 Å². The molecule has 0 aliphatic carbocycles. The number of rotatable bonds is 6. The number of nitrogens with one attached hydrogen (secondary N) is 1. The molecule has 4 heteroatoms. The molecule has 0 spiro atoms. The molecule has 1 aromatic heterocycles. The number of benzene rings is 1. The maximum absolute atomic E-state index is 5.75. The van der Waals surface area contributed by atoms with Crippen LogP contribution in [0.4, 0.5) is 0 Å². The SMILES string of the molecule is CCc1ccc(CC(Cc2c(C)nn(C)c2C)NN)cc1. The number of nitrogens with zero attached hydrogens (tertiary/aromatic N) is 2. The molecule has 3 N–H and O–H groups in total. The second-order valence-corrected chi connectivity index (χ2v) is 5.71. The van der Waals surface area contributed by atoms with E-state index in [-0.39, 0.29) is 6.04 Å². The highest BCUT2D eigenvalue weighted by molar-refractivity contribution is 5.27. The summed E-state index contributed by atoms with van der Waals surface area (Å²) in [5.74, 6) is 5.75. The molecule has 114 valence electrons. The van der Waals surface area contributed by atoms with E-state index in [0.29, 0.717) is 0 Å². The van der Waals surface area contributed by atoms with Crippen LogP contribution in [0.2, 0.25) is 0 Å². The van der Waals surface area contributed by atoms with Gasteiger partial charge in [0.15, 0.2) is 0 Å². The lowest BCUT2D eigenvalue weighted by Crippen LogP contribution is -2.38. The van der Waals surface area contributed by atoms with Crippen LogP contribution in [0.1, 0.15) is 35.0 Å². The quantitative estimate of drug-likeness (QED) is 0.632. The first-order valence-corrected chi connectivity index (χ1v) is 7.58. The lowest BCUT2D eigenvalue weighted by atomic mass is 9.97. The summed E-state index contributed by atoms with van der Waals surface area (Å²) < 4.78 is 1.94. The molecular weight excluding hydrogens is 260 g/mol. The standard InChI is InChI=1S/C17H26N4/c1-5-14-6-8-15(9-7-14)10-16(19-18)11-17-12(2)20-21(4)13(17)3/h6-9,16,19H,5,10-11,18H2,1-4H3. The van der Waals surface area contributed by atoms with Crippen molar-refractivity contribution in [2.24, 2.45) is 12.9 Å². The van der Waals surface area contributed by atoms with E-state index in [1.165, 1.54) is 22.4 Å². The zero-order valence-corrected chi connectivity index (χ0v) is 13.5. The van der Waals surface area contributed by atoms with Crippen LogP contribution < -0.4 is 11.3 Å². The molecule has 0 saturated heterocycles. The lowest BCUT2D eigenvalue weighted by molar-refractivity contribution is 0.520. The molecule has 1 heterocycles. The highest BCUT2D eigenvalue weighted by atomic mass is 15.3. The van der Waals surface area contributed by atoms with Crippen molar-refractivity contribution >= 4 is 0 Å². The van der Waals surface area contributed by atoms with Gasteiger partial charge in [-0.05, 0) is 49.8 Å². The van der Waals surface area contributed by atoms with E-state index in [4.69, 9.17) is 5.84 Å². The molecule has 0 saturated carbocycles. The van der Waals surface area contributed by atoms with Crippen LogP contribution in [0.3, 0.4) is 0 Å². The first-order valence-electron chi connectivity index (χ1n) is 7.58. The van der Waals surface area contributed by atoms with Gasteiger partial charge in [0, 0.05) is 18.8 Å². The molecule has 4 nitrogen and oxygen atoms in total. The van der Waals surface area contributed by atoms with Crippen molar-refractivity contribution in [2.75, 3.05) is 0 Å². The molecule has 21 heavy (non-hydrogen) atoms. The Morgan fingerprint density at radius 1 is 1.14 bits per heavy atom. The fourth-order valence-corrected chi connectivity index (χ4v) is 2.74. The smallest absolute Gasteiger partial charge is 0.0628 e. The van der Waals surface area contributed by atoms with Gasteiger partial charge in [-0.2, -0.15) is 5.10 Å². The van der Waals surface area contributed by atoms with Gasteiger partial charge < -0.3 is 0 Å². The van der Waals surface area contributed by atoms with Crippen LogP contribution in [-0.4, -0.2) is 15.8 Å². The van der Waals surface area contributed by atoms with Gasteiger partial charge in [-0.1, -0.05) is 31.2 Å². The molecule has 1 atom stereocenters. The summed E-state index contributed by atoms with van der Waals surface area (Å²) in [5.41, 5.74) is 9.25. The third kappa shape index (κ3) is 3.71. The summed E-state index contributed by atoms with van der Waals surface area (Å²) in [6, 6.07) is 9.02. The Bertz CT molecular complexity index is 584. The molecule has 1 aromatic carbocycles. The second kappa shape index (κ2) is 6.87. The predicted octanol–water partition coefficient (Wildman–Crippen LogP) is 2.22. The van der Waals surface area contributed by atoms with Crippen molar-refractivity contribution in [1.82, 2.24) is 15.2 Å². The van der Waals surface area contributed by atoms with Crippen molar-refractivity contribution in [1.29, 1.82) is 0 Å². The predicted molar refractivity (Wildman–Crippen MR) is 87.0 cm³/mol. The molecule has 0 aliphatic rings. The summed E-state index contributed by atoms with van der Waals surface area (Å²) in [4.78, 5) is 0. The Morgan fingerprint density at radius 3 is 2.24 bits per heavy atom. The van der Waals surface area contributed by atoms with Gasteiger partial charge in [0.25, 0.3) is 0 Å². The van der Waals surface area contributed by atoms with Crippen LogP contribution in [0.25, 0.3) is 0 Å². The number of hydrogen-bond donors (Lipinski definition) is 2. The van der Waals surface area contributed by atoms with Crippen LogP contribution in [0.5, 0.6) is 0 Å². The third-order valence-electron chi connectivity index (χ3n) is 4.26. The molecule has 0 amide bonds. The molecular formula is C17H26N4. The van der Waals surface area contributed by atoms with E-state index < -0.39 is 0 Å². The van der Waals surface area contributed by atoms with Gasteiger partial charge in [-0.25, -0.2) is 0 Å². The van der Waals surface area contributed by atoms with Crippen LogP contribution in [-0.2, 0) is 26.3 Å². The molecule has 0 radical (unpaired) electrons. The van der Waals surface area contributed by atoms with Crippen molar-refractivity contribution in [2.45, 2.75) is 46.1 Å². The maximum atomic E-state index is 5.75. The fraction of sp³-hybridized carbons (Fsp3) is 0.471. The van der Waals surface area contributed by atoms with Gasteiger partial charge in [-0.15, -0.1) is 0 Å². The average molecular weight is 286 g/mol. The first kappa shape index (κ1) is 15.7. The largest absolute Gasteiger partial charge is 0.272 e. The Kier molecular flexibility index (Phi) is 5.15. The Morgan fingerprint density at radius 2 is 1.76 bits per heavy atom. The molecule has 0 fully saturated rings. The second-order valence-electron chi connectivity index (χ2n) is 5.71. The van der Waals surface area contributed by atoms with Crippen molar-refractivity contribution in [3.05, 3.63) is 52.3 Å². The third-order valence-corrected chi connectivity index (χ3v) is 4.26. The Hall–Kier alpha value is -1.65. The lowest BCUT2D eigenvalue weighted by Gasteiger charge is -2.16. The highest BCUT2D eigenvalue weighted by Gasteiger charge is 2.15. The molecule has 2 aromatic rings. The van der Waals surface area contributed by atoms with Gasteiger partial charge in [-0.3, -0.25) is 16.0 Å². The number of hydrazine groups is 1. The van der Waals surface area contributed by atoms with E-state index in [1.807, 2.05) is 11.7 Å². The van der Waals surface area contributed by atoms with Crippen LogP contribution in [0, 0.1) is 13.8 Å². The Balaban J connectivity index is 2.09. The zero-order chi connectivity index (χ0) is 15.4. The zero-order valence-electron chi connectivity index (χ0n) is 13.5. The van der Waals surface area contributed by atoms with E-state index in [1.54, 1.807) is 0 Å². The number of nitrogens with two attached hydrogens (primary N) is 1. The average Bonchev–Trinajstić information content (AvgIpc) is 2.73. The van der Waals surface area contributed by atoms with E-state index in [9.17, 15) is 0 Å². The highest BCUT2D eigenvalue weighted by Crippen LogP contribution is 2.16. The minimum atomic E-state index is 0.221. The molecule has 0 bridgehead atoms. The van der Waals surface area contributed by atoms with E-state index >= 15 is 0 Å². The molecule has 2 rings (SSSR count). The van der Waals surface area contributed by atoms with Gasteiger partial charge in [0.2, 0.25) is 0 Å². The topological polar surface area (TPSA) is 55.9 Å². The van der Waals surface area contributed by atoms with Crippen molar-refractivity contribution in [3.8, 4) is 0 Å². The number of aryl methyl sites for hydroxylation is 3. The Labute approximate surface area is 127 Å². The first-order chi connectivity index (χ1) is 10.0. The normalized spacial score (nSPS) is 12.6. The summed E-state index contributed by atoms with van der Waals surface area (Å²) in [5, 5.41) is 4.48. The minimum absolute atomic E-state index is 0.221. The van der Waals surface area contributed by atoms with E-state index in [0.717, 1.165) is 25.0 Å². The molecule has 0 aliphatic heterocycles. The maximum Gasteiger partial charge on any atom is 0.0628 e. The number of hydrogen-bond acceptors (Lipinski definition) is 3. The van der Waals surface area contributed by atoms with Crippen LogP contribution >= 0.6 is 0 Å². The van der Waals surface area contributed by atoms with Gasteiger partial charge in [0.1, 0.15) is 0 Å². The van der Waals surface area contributed by atoms with Crippen LogP contribution in [0.15, 0.2) is 24.3 Å². The number of aromatic nitrogens is 2. The monoisotopic (exact) mass is 286 g/mol. The molecule has 1 unspecified atom stereocenters. The van der Waals surface area contributed by atoms with E-state index in [2.05, 4.69) is 55.6 Å². The summed E-state index contributed by atoms with van der Waals surface area (Å²) in [7, 11) is 1.99. The summed E-state index contributed by atoms with van der Waals surface area (Å²) in [6.45, 7) is 6.35. The summed E-state index contributed by atoms with van der Waals surface area (Å²) in [6.07, 6.45) is 2.90. The fourth-order valence-electron chi connectivity index (χ4n) is 2.74. The van der Waals surface area contributed by atoms with Crippen molar-refractivity contribution in [3.63, 3.8) is 0 Å². The minimum Gasteiger partial charge on any atom is -0.272 e.